The summed E-state index contributed by atoms with van der Waals surface area (Å²) in [6.45, 7) is 12.1. The number of ether oxygens (including phenoxy) is 3. The number of carbonyl (C=O) groups is 4. The van der Waals surface area contributed by atoms with Crippen LogP contribution < -0.4 is 4.74 Å². The minimum Gasteiger partial charge on any atom is -0.465 e. The first-order chi connectivity index (χ1) is 15.3. The summed E-state index contributed by atoms with van der Waals surface area (Å²) >= 11 is 0. The second kappa shape index (κ2) is 8.92. The van der Waals surface area contributed by atoms with Gasteiger partial charge in [-0.15, -0.1) is 0 Å². The van der Waals surface area contributed by atoms with Gasteiger partial charge >= 0.3 is 17.9 Å². The van der Waals surface area contributed by atoms with Crippen LogP contribution in [0.15, 0.2) is 12.1 Å². The highest BCUT2D eigenvalue weighted by molar-refractivity contribution is 6.04. The summed E-state index contributed by atoms with van der Waals surface area (Å²) < 4.78 is 16.6. The van der Waals surface area contributed by atoms with Gasteiger partial charge in [-0.1, -0.05) is 34.1 Å². The highest BCUT2D eigenvalue weighted by atomic mass is 16.6. The third-order valence-electron chi connectivity index (χ3n) is 7.25. The van der Waals surface area contributed by atoms with E-state index < -0.39 is 40.8 Å². The zero-order valence-corrected chi connectivity index (χ0v) is 20.6. The largest absolute Gasteiger partial charge is 0.465 e. The number of hydrogen-bond donors (Lipinski definition) is 0. The quantitative estimate of drug-likeness (QED) is 0.474. The number of Topliss-reactive ketones (excluding diaryl/α,β-unsaturated/α-hetero) is 1. The monoisotopic (exact) mass is 458 g/mol. The minimum absolute atomic E-state index is 0.00995. The van der Waals surface area contributed by atoms with Gasteiger partial charge in [0.25, 0.3) is 0 Å². The van der Waals surface area contributed by atoms with Crippen molar-refractivity contribution in [2.24, 2.45) is 11.3 Å². The van der Waals surface area contributed by atoms with Gasteiger partial charge in [-0.25, -0.2) is 0 Å². The molecule has 3 rings (SSSR count). The second-order valence-electron chi connectivity index (χ2n) is 10.3. The van der Waals surface area contributed by atoms with Gasteiger partial charge < -0.3 is 14.2 Å². The summed E-state index contributed by atoms with van der Waals surface area (Å²) in [5.74, 6) is -1.57. The summed E-state index contributed by atoms with van der Waals surface area (Å²) in [5, 5.41) is 0. The molecule has 180 valence electrons. The number of carbonyl (C=O) groups excluding carboxylic acids is 4. The van der Waals surface area contributed by atoms with E-state index in [1.165, 1.54) is 20.8 Å². The van der Waals surface area contributed by atoms with Gasteiger partial charge in [0.1, 0.15) is 5.75 Å². The predicted octanol–water partition coefficient (Wildman–Crippen LogP) is 4.49. The van der Waals surface area contributed by atoms with E-state index in [0.29, 0.717) is 11.3 Å². The summed E-state index contributed by atoms with van der Waals surface area (Å²) in [4.78, 5) is 49.3. The molecule has 0 radical (unpaired) electrons. The van der Waals surface area contributed by atoms with Crippen molar-refractivity contribution in [3.05, 3.63) is 28.8 Å². The molecule has 0 N–H and O–H groups in total. The predicted molar refractivity (Wildman–Crippen MR) is 121 cm³/mol. The van der Waals surface area contributed by atoms with Crippen LogP contribution in [-0.4, -0.2) is 36.4 Å². The molecule has 2 aliphatic rings. The molecule has 0 spiro atoms. The highest BCUT2D eigenvalue weighted by Crippen LogP contribution is 2.58. The first-order valence-corrected chi connectivity index (χ1v) is 11.5. The number of rotatable bonds is 5. The Kier molecular flexibility index (Phi) is 6.74. The molecule has 0 saturated heterocycles. The normalized spacial score (nSPS) is 28.5. The fraction of sp³-hybridized carbons (Fsp3) is 0.615. The zero-order chi connectivity index (χ0) is 24.7. The van der Waals surface area contributed by atoms with Crippen molar-refractivity contribution in [3.63, 3.8) is 0 Å². The molecule has 7 heteroatoms. The Morgan fingerprint density at radius 2 is 1.70 bits per heavy atom. The molecule has 0 amide bonds. The van der Waals surface area contributed by atoms with Crippen molar-refractivity contribution in [2.75, 3.05) is 6.61 Å². The molecule has 0 aliphatic heterocycles. The minimum atomic E-state index is -0.986. The Morgan fingerprint density at radius 1 is 1.03 bits per heavy atom. The SMILES string of the molecule is CC(=O)OC[C@]1(C)CCC[C@]2(C)c3cc(OC(C)=O)c(C(C)C)cc3C(=O)[C@H](OC(C)=O)[C@@H]12. The van der Waals surface area contributed by atoms with Gasteiger partial charge in [0, 0.05) is 43.1 Å². The first kappa shape index (κ1) is 24.9. The maximum Gasteiger partial charge on any atom is 0.308 e. The van der Waals surface area contributed by atoms with Gasteiger partial charge in [0.2, 0.25) is 5.78 Å². The van der Waals surface area contributed by atoms with Crippen molar-refractivity contribution in [1.82, 2.24) is 0 Å². The molecule has 2 aliphatic carbocycles. The molecular weight excluding hydrogens is 424 g/mol. The molecule has 1 fully saturated rings. The maximum atomic E-state index is 13.8. The van der Waals surface area contributed by atoms with Crippen molar-refractivity contribution in [2.45, 2.75) is 85.2 Å². The van der Waals surface area contributed by atoms with Crippen LogP contribution in [0.2, 0.25) is 0 Å². The van der Waals surface area contributed by atoms with Gasteiger partial charge in [0.15, 0.2) is 6.10 Å². The first-order valence-electron chi connectivity index (χ1n) is 11.5. The maximum absolute atomic E-state index is 13.8. The third kappa shape index (κ3) is 4.55. The summed E-state index contributed by atoms with van der Waals surface area (Å²) in [6, 6.07) is 3.61. The molecule has 0 bridgehead atoms. The van der Waals surface area contributed by atoms with E-state index in [2.05, 4.69) is 6.92 Å². The molecule has 0 aromatic heterocycles. The van der Waals surface area contributed by atoms with E-state index in [1.54, 1.807) is 6.07 Å². The lowest BCUT2D eigenvalue weighted by Crippen LogP contribution is -2.60. The molecule has 4 atom stereocenters. The zero-order valence-electron chi connectivity index (χ0n) is 20.6. The highest BCUT2D eigenvalue weighted by Gasteiger charge is 2.60. The van der Waals surface area contributed by atoms with Crippen LogP contribution in [0.3, 0.4) is 0 Å². The van der Waals surface area contributed by atoms with E-state index >= 15 is 0 Å². The van der Waals surface area contributed by atoms with Gasteiger partial charge in [0.05, 0.1) is 6.61 Å². The molecular formula is C26H34O7. The van der Waals surface area contributed by atoms with Crippen molar-refractivity contribution >= 4 is 23.7 Å². The fourth-order valence-electron chi connectivity index (χ4n) is 5.94. The Labute approximate surface area is 195 Å². The third-order valence-corrected chi connectivity index (χ3v) is 7.25. The fourth-order valence-corrected chi connectivity index (χ4v) is 5.94. The van der Waals surface area contributed by atoms with Crippen LogP contribution in [0.25, 0.3) is 0 Å². The molecule has 0 unspecified atom stereocenters. The Balaban J connectivity index is 2.26. The number of hydrogen-bond acceptors (Lipinski definition) is 7. The Hall–Kier alpha value is -2.70. The van der Waals surface area contributed by atoms with E-state index in [4.69, 9.17) is 14.2 Å². The average Bonchev–Trinajstić information content (AvgIpc) is 2.69. The lowest BCUT2D eigenvalue weighted by Gasteiger charge is -2.56. The number of ketones is 1. The van der Waals surface area contributed by atoms with Gasteiger partial charge in [-0.3, -0.25) is 19.2 Å². The average molecular weight is 459 g/mol. The summed E-state index contributed by atoms with van der Waals surface area (Å²) in [6.07, 6.45) is 1.34. The molecule has 7 nitrogen and oxygen atoms in total. The number of benzene rings is 1. The van der Waals surface area contributed by atoms with Crippen molar-refractivity contribution in [1.29, 1.82) is 0 Å². The Bertz CT molecular complexity index is 995. The number of fused-ring (bicyclic) bond motifs is 3. The second-order valence-corrected chi connectivity index (χ2v) is 10.3. The van der Waals surface area contributed by atoms with E-state index in [-0.39, 0.29) is 18.3 Å². The van der Waals surface area contributed by atoms with Crippen molar-refractivity contribution in [3.8, 4) is 5.75 Å². The van der Waals surface area contributed by atoms with Gasteiger partial charge in [-0.2, -0.15) is 0 Å². The van der Waals surface area contributed by atoms with Crippen molar-refractivity contribution < 1.29 is 33.4 Å². The molecule has 1 aromatic rings. The van der Waals surface area contributed by atoms with Crippen LogP contribution in [0.4, 0.5) is 0 Å². The van der Waals surface area contributed by atoms with Crippen LogP contribution in [-0.2, 0) is 29.3 Å². The van der Waals surface area contributed by atoms with Crippen LogP contribution >= 0.6 is 0 Å². The van der Waals surface area contributed by atoms with E-state index in [0.717, 1.165) is 30.4 Å². The lowest BCUT2D eigenvalue weighted by atomic mass is 9.48. The smallest absolute Gasteiger partial charge is 0.308 e. The molecule has 1 aromatic carbocycles. The van der Waals surface area contributed by atoms with E-state index in [9.17, 15) is 19.2 Å². The summed E-state index contributed by atoms with van der Waals surface area (Å²) in [7, 11) is 0. The lowest BCUT2D eigenvalue weighted by molar-refractivity contribution is -0.162. The van der Waals surface area contributed by atoms with Gasteiger partial charge in [-0.05, 0) is 42.0 Å². The standard InChI is InChI=1S/C26H34O7/c1-14(2)18-11-19-20(12-21(18)32-16(4)28)26(7)10-8-9-25(6,13-31-15(3)27)24(26)23(22(19)30)33-17(5)29/h11-12,14,23-24H,8-10,13H2,1-7H3/t23-,24-,25-,26+/m0/s1. The summed E-state index contributed by atoms with van der Waals surface area (Å²) in [5.41, 5.74) is 0.900. The topological polar surface area (TPSA) is 96.0 Å². The van der Waals surface area contributed by atoms with Crippen LogP contribution in [0.1, 0.15) is 95.1 Å². The molecule has 33 heavy (non-hydrogen) atoms. The van der Waals surface area contributed by atoms with Crippen LogP contribution in [0.5, 0.6) is 5.75 Å². The molecule has 1 saturated carbocycles. The van der Waals surface area contributed by atoms with E-state index in [1.807, 2.05) is 26.8 Å². The molecule has 0 heterocycles. The van der Waals surface area contributed by atoms with Crippen LogP contribution in [0, 0.1) is 11.3 Å². The Morgan fingerprint density at radius 3 is 2.24 bits per heavy atom. The number of esters is 3.